The van der Waals surface area contributed by atoms with E-state index in [1.807, 2.05) is 0 Å². The highest BCUT2D eigenvalue weighted by Gasteiger charge is 2.49. The maximum Gasteiger partial charge on any atom is 0.252 e. The summed E-state index contributed by atoms with van der Waals surface area (Å²) >= 11 is 0. The number of fused-ring (bicyclic) bond motifs is 6. The Morgan fingerprint density at radius 3 is 1.44 bits per heavy atom. The molecule has 2 aliphatic carbocycles. The van der Waals surface area contributed by atoms with Gasteiger partial charge >= 0.3 is 0 Å². The molecular formula is C52H77BN2. The van der Waals surface area contributed by atoms with Crippen LogP contribution in [0.15, 0.2) is 36.4 Å². The number of rotatable bonds is 12. The van der Waals surface area contributed by atoms with Gasteiger partial charge in [0.25, 0.3) is 6.71 Å². The maximum atomic E-state index is 2.87. The van der Waals surface area contributed by atoms with E-state index in [0.29, 0.717) is 18.0 Å². The lowest BCUT2D eigenvalue weighted by Crippen LogP contribution is -2.64. The number of benzene rings is 3. The predicted octanol–water partition coefficient (Wildman–Crippen LogP) is 13.1. The number of hydrogen-bond donors (Lipinski definition) is 0. The third-order valence-corrected chi connectivity index (χ3v) is 15.6. The van der Waals surface area contributed by atoms with Crippen LogP contribution in [0.3, 0.4) is 0 Å². The van der Waals surface area contributed by atoms with E-state index in [-0.39, 0.29) is 28.4 Å². The van der Waals surface area contributed by atoms with E-state index in [2.05, 4.69) is 143 Å². The van der Waals surface area contributed by atoms with Gasteiger partial charge in [0.05, 0.1) is 0 Å². The quantitative estimate of drug-likeness (QED) is 0.135. The van der Waals surface area contributed by atoms with Gasteiger partial charge < -0.3 is 9.80 Å². The van der Waals surface area contributed by atoms with Gasteiger partial charge in [0.2, 0.25) is 0 Å². The van der Waals surface area contributed by atoms with Crippen LogP contribution in [0.25, 0.3) is 0 Å². The second-order valence-corrected chi connectivity index (χ2v) is 21.8. The summed E-state index contributed by atoms with van der Waals surface area (Å²) in [4.78, 5) is 5.72. The van der Waals surface area contributed by atoms with Gasteiger partial charge in [0.15, 0.2) is 0 Å². The Morgan fingerprint density at radius 1 is 0.527 bits per heavy atom. The Bertz CT molecular complexity index is 1910. The molecule has 2 heterocycles. The highest BCUT2D eigenvalue weighted by Crippen LogP contribution is 2.51. The van der Waals surface area contributed by atoms with Crippen LogP contribution >= 0.6 is 0 Å². The van der Waals surface area contributed by atoms with Crippen molar-refractivity contribution in [3.05, 3.63) is 64.2 Å². The van der Waals surface area contributed by atoms with Crippen molar-refractivity contribution in [1.29, 1.82) is 0 Å². The molecule has 2 nitrogen and oxygen atoms in total. The van der Waals surface area contributed by atoms with Crippen LogP contribution in [0.1, 0.15) is 201 Å². The zero-order valence-corrected chi connectivity index (χ0v) is 37.9. The SMILES string of the molecule is CCCCCC[C@H](C)[C@@H](C)N1c2cc3c(cc2B2c4cc5c(cc4N([C@H](C)CCCCC)c4cc(C)cc1c42)C(C)(C)CCC5(C)C)C(C)(C)CCC3(C)C. The first-order valence-electron chi connectivity index (χ1n) is 23.0. The molecule has 3 atom stereocenters. The van der Waals surface area contributed by atoms with Crippen molar-refractivity contribution in [2.75, 3.05) is 9.80 Å². The molecular weight excluding hydrogens is 663 g/mol. The van der Waals surface area contributed by atoms with Crippen LogP contribution in [0, 0.1) is 12.8 Å². The third kappa shape index (κ3) is 6.92. The van der Waals surface area contributed by atoms with Crippen molar-refractivity contribution >= 4 is 45.9 Å². The third-order valence-electron chi connectivity index (χ3n) is 15.6. The smallest absolute Gasteiger partial charge is 0.252 e. The average Bonchev–Trinajstić information content (AvgIpc) is 3.12. The fourth-order valence-corrected chi connectivity index (χ4v) is 11.4. The van der Waals surface area contributed by atoms with E-state index in [4.69, 9.17) is 0 Å². The molecule has 0 N–H and O–H groups in total. The Hall–Kier alpha value is -2.68. The molecule has 3 aromatic rings. The normalized spacial score (nSPS) is 21.2. The molecule has 0 bridgehead atoms. The number of anilines is 4. The van der Waals surface area contributed by atoms with E-state index in [1.54, 1.807) is 38.6 Å². The van der Waals surface area contributed by atoms with Gasteiger partial charge in [-0.15, -0.1) is 0 Å². The van der Waals surface area contributed by atoms with Crippen LogP contribution in [0.5, 0.6) is 0 Å². The van der Waals surface area contributed by atoms with Gasteiger partial charge in [0.1, 0.15) is 0 Å². The molecule has 0 saturated heterocycles. The van der Waals surface area contributed by atoms with Crippen molar-refractivity contribution in [1.82, 2.24) is 0 Å². The van der Waals surface area contributed by atoms with Gasteiger partial charge in [-0.05, 0) is 155 Å². The molecule has 2 aliphatic heterocycles. The summed E-state index contributed by atoms with van der Waals surface area (Å²) < 4.78 is 0. The summed E-state index contributed by atoms with van der Waals surface area (Å²) in [6.07, 6.45) is 16.6. The molecule has 0 saturated carbocycles. The van der Waals surface area contributed by atoms with E-state index >= 15 is 0 Å². The summed E-state index contributed by atoms with van der Waals surface area (Å²) in [5.41, 5.74) is 19.0. The number of hydrogen-bond acceptors (Lipinski definition) is 2. The number of unbranched alkanes of at least 4 members (excludes halogenated alkanes) is 5. The van der Waals surface area contributed by atoms with Crippen molar-refractivity contribution in [3.8, 4) is 0 Å². The van der Waals surface area contributed by atoms with Crippen LogP contribution in [-0.2, 0) is 21.7 Å². The van der Waals surface area contributed by atoms with Crippen LogP contribution in [-0.4, -0.2) is 18.8 Å². The van der Waals surface area contributed by atoms with Crippen LogP contribution < -0.4 is 26.2 Å². The highest BCUT2D eigenvalue weighted by atomic mass is 15.2. The van der Waals surface area contributed by atoms with Gasteiger partial charge in [0, 0.05) is 34.8 Å². The minimum Gasteiger partial charge on any atom is -0.339 e. The standard InChI is InChI=1S/C52H77BN2/c1-15-17-19-21-22-35(4)37(6)55-45-33-41-39(50(9,10)25-27-52(41,13)14)31-43(45)53-42-30-38-40(51(11,12)26-24-49(38,7)8)32-44(42)54(36(5)23-20-18-16-2)46-28-34(3)29-47(55)48(46)53/h28-33,35-37H,15-27H2,1-14H3/t35-,36+,37+/m0/s1. The molecule has 298 valence electrons. The lowest BCUT2D eigenvalue weighted by atomic mass is 9.32. The second-order valence-electron chi connectivity index (χ2n) is 21.8. The Morgan fingerprint density at radius 2 is 0.945 bits per heavy atom. The lowest BCUT2D eigenvalue weighted by molar-refractivity contribution is 0.332. The van der Waals surface area contributed by atoms with Gasteiger partial charge in [-0.25, -0.2) is 0 Å². The van der Waals surface area contributed by atoms with Crippen molar-refractivity contribution < 1.29 is 0 Å². The maximum absolute atomic E-state index is 2.87. The summed E-state index contributed by atoms with van der Waals surface area (Å²) in [6.45, 7) is 35.0. The summed E-state index contributed by atoms with van der Waals surface area (Å²) in [5, 5.41) is 0. The monoisotopic (exact) mass is 741 g/mol. The zero-order valence-electron chi connectivity index (χ0n) is 37.9. The molecule has 0 radical (unpaired) electrons. The van der Waals surface area contributed by atoms with Gasteiger partial charge in [-0.3, -0.25) is 0 Å². The van der Waals surface area contributed by atoms with Gasteiger partial charge in [-0.2, -0.15) is 0 Å². The fourth-order valence-electron chi connectivity index (χ4n) is 11.4. The summed E-state index contributed by atoms with van der Waals surface area (Å²) in [7, 11) is 0. The van der Waals surface area contributed by atoms with E-state index in [0.717, 1.165) is 0 Å². The van der Waals surface area contributed by atoms with Crippen LogP contribution in [0.2, 0.25) is 0 Å². The summed E-state index contributed by atoms with van der Waals surface area (Å²) in [6, 6.07) is 16.9. The van der Waals surface area contributed by atoms with Crippen molar-refractivity contribution in [3.63, 3.8) is 0 Å². The molecule has 7 rings (SSSR count). The first-order chi connectivity index (χ1) is 25.8. The second kappa shape index (κ2) is 14.6. The lowest BCUT2D eigenvalue weighted by Gasteiger charge is -2.51. The van der Waals surface area contributed by atoms with E-state index in [9.17, 15) is 0 Å². The Labute approximate surface area is 338 Å². The molecule has 3 aromatic carbocycles. The predicted molar refractivity (Wildman–Crippen MR) is 245 cm³/mol. The minimum atomic E-state index is 0.151. The van der Waals surface area contributed by atoms with Crippen LogP contribution in [0.4, 0.5) is 22.7 Å². The zero-order chi connectivity index (χ0) is 39.8. The Kier molecular flexibility index (Phi) is 10.8. The summed E-state index contributed by atoms with van der Waals surface area (Å²) in [5.74, 6) is 0.591. The Balaban J connectivity index is 1.54. The van der Waals surface area contributed by atoms with Gasteiger partial charge in [-0.1, -0.05) is 133 Å². The molecule has 4 aliphatic rings. The minimum absolute atomic E-state index is 0.151. The molecule has 0 unspecified atom stereocenters. The number of nitrogens with zero attached hydrogens (tertiary/aromatic N) is 2. The first kappa shape index (κ1) is 40.5. The van der Waals surface area contributed by atoms with E-state index < -0.39 is 0 Å². The van der Waals surface area contributed by atoms with Crippen molar-refractivity contribution in [2.24, 2.45) is 5.92 Å². The molecule has 0 spiro atoms. The highest BCUT2D eigenvalue weighted by molar-refractivity contribution is 7.00. The van der Waals surface area contributed by atoms with E-state index in [1.165, 1.54) is 112 Å². The molecule has 3 heteroatoms. The van der Waals surface area contributed by atoms with Crippen molar-refractivity contribution in [2.45, 2.75) is 214 Å². The molecule has 0 aromatic heterocycles. The fraction of sp³-hybridized carbons (Fsp3) is 0.654. The molecule has 55 heavy (non-hydrogen) atoms. The average molecular weight is 741 g/mol. The largest absolute Gasteiger partial charge is 0.339 e. The first-order valence-corrected chi connectivity index (χ1v) is 23.0. The molecule has 0 amide bonds. The number of aryl methyl sites for hydroxylation is 1. The topological polar surface area (TPSA) is 6.48 Å². The molecule has 0 fully saturated rings.